The number of fused-ring (bicyclic) bond motifs is 1. The third kappa shape index (κ3) is 2.20. The third-order valence-electron chi connectivity index (χ3n) is 3.66. The Kier molecular flexibility index (Phi) is 3.09. The molecule has 2 nitrogen and oxygen atoms in total. The molecule has 0 saturated carbocycles. The number of nitrogens with zero attached hydrogens (tertiary/aromatic N) is 2. The highest BCUT2D eigenvalue weighted by Crippen LogP contribution is 2.37. The third-order valence-corrected chi connectivity index (χ3v) is 4.97. The van der Waals surface area contributed by atoms with Gasteiger partial charge in [-0.05, 0) is 37.4 Å². The molecule has 1 aromatic rings. The second-order valence-corrected chi connectivity index (χ2v) is 6.18. The Morgan fingerprint density at radius 1 is 1.41 bits per heavy atom. The van der Waals surface area contributed by atoms with Crippen LogP contribution in [0.5, 0.6) is 0 Å². The molecule has 2 aliphatic rings. The van der Waals surface area contributed by atoms with E-state index in [-0.39, 0.29) is 6.04 Å². The van der Waals surface area contributed by atoms with Crippen LogP contribution in [-0.4, -0.2) is 29.3 Å². The molecule has 0 radical (unpaired) electrons. The average molecular weight is 244 g/mol. The van der Waals surface area contributed by atoms with Gasteiger partial charge in [-0.1, -0.05) is 18.2 Å². The van der Waals surface area contributed by atoms with Crippen molar-refractivity contribution in [1.29, 1.82) is 5.26 Å². The van der Waals surface area contributed by atoms with Gasteiger partial charge in [0, 0.05) is 16.7 Å². The van der Waals surface area contributed by atoms with Crippen LogP contribution in [0, 0.1) is 11.3 Å². The molecule has 1 aromatic carbocycles. The van der Waals surface area contributed by atoms with E-state index in [4.69, 9.17) is 5.26 Å². The Morgan fingerprint density at radius 2 is 2.29 bits per heavy atom. The lowest BCUT2D eigenvalue weighted by atomic mass is 10.1. The minimum atomic E-state index is 0.166. The van der Waals surface area contributed by atoms with Crippen LogP contribution in [-0.2, 0) is 6.42 Å². The molecular weight excluding hydrogens is 228 g/mol. The summed E-state index contributed by atoms with van der Waals surface area (Å²) in [5, 5.41) is 9.73. The number of thioether (sulfide) groups is 1. The second kappa shape index (κ2) is 4.72. The van der Waals surface area contributed by atoms with Crippen LogP contribution in [0.2, 0.25) is 0 Å². The summed E-state index contributed by atoms with van der Waals surface area (Å²) >= 11 is 1.98. The van der Waals surface area contributed by atoms with E-state index in [1.807, 2.05) is 11.8 Å². The molecule has 0 aliphatic carbocycles. The van der Waals surface area contributed by atoms with Crippen LogP contribution < -0.4 is 0 Å². The zero-order chi connectivity index (χ0) is 11.7. The van der Waals surface area contributed by atoms with Gasteiger partial charge in [-0.3, -0.25) is 4.90 Å². The molecule has 0 spiro atoms. The van der Waals surface area contributed by atoms with E-state index in [1.165, 1.54) is 16.9 Å². The van der Waals surface area contributed by atoms with Crippen LogP contribution in [0.1, 0.15) is 18.4 Å². The molecule has 0 N–H and O–H groups in total. The normalized spacial score (nSPS) is 27.9. The Bertz CT molecular complexity index is 427. The maximum absolute atomic E-state index is 9.09. The first kappa shape index (κ1) is 11.1. The first-order valence-corrected chi connectivity index (χ1v) is 7.13. The highest BCUT2D eigenvalue weighted by atomic mass is 32.2. The number of hydrogen-bond acceptors (Lipinski definition) is 3. The van der Waals surface area contributed by atoms with Crippen molar-refractivity contribution in [2.24, 2.45) is 0 Å². The molecule has 0 bridgehead atoms. The van der Waals surface area contributed by atoms with Crippen molar-refractivity contribution in [2.75, 3.05) is 13.1 Å². The van der Waals surface area contributed by atoms with Gasteiger partial charge in [-0.15, -0.1) is 11.8 Å². The highest BCUT2D eigenvalue weighted by molar-refractivity contribution is 8.00. The van der Waals surface area contributed by atoms with Gasteiger partial charge in [0.15, 0.2) is 0 Å². The van der Waals surface area contributed by atoms with Crippen molar-refractivity contribution in [1.82, 2.24) is 4.90 Å². The van der Waals surface area contributed by atoms with Crippen LogP contribution in [0.3, 0.4) is 0 Å². The first-order valence-electron chi connectivity index (χ1n) is 6.25. The molecular formula is C14H16N2S. The Labute approximate surface area is 107 Å². The van der Waals surface area contributed by atoms with Crippen LogP contribution in [0.15, 0.2) is 29.2 Å². The van der Waals surface area contributed by atoms with Crippen LogP contribution in [0.25, 0.3) is 0 Å². The van der Waals surface area contributed by atoms with Crippen molar-refractivity contribution in [3.05, 3.63) is 29.8 Å². The van der Waals surface area contributed by atoms with Gasteiger partial charge in [0.05, 0.1) is 12.1 Å². The van der Waals surface area contributed by atoms with Gasteiger partial charge in [0.1, 0.15) is 0 Å². The summed E-state index contributed by atoms with van der Waals surface area (Å²) in [5.74, 6) is 0. The molecule has 2 aliphatic heterocycles. The summed E-state index contributed by atoms with van der Waals surface area (Å²) in [7, 11) is 0. The van der Waals surface area contributed by atoms with Crippen molar-refractivity contribution in [2.45, 2.75) is 35.4 Å². The second-order valence-electron chi connectivity index (χ2n) is 4.83. The Morgan fingerprint density at radius 3 is 3.12 bits per heavy atom. The molecule has 3 heteroatoms. The smallest absolute Gasteiger partial charge is 0.0978 e. The van der Waals surface area contributed by atoms with Crippen molar-refractivity contribution in [3.8, 4) is 6.07 Å². The van der Waals surface area contributed by atoms with Crippen molar-refractivity contribution < 1.29 is 0 Å². The maximum Gasteiger partial charge on any atom is 0.0978 e. The van der Waals surface area contributed by atoms with Gasteiger partial charge in [-0.2, -0.15) is 5.26 Å². The minimum absolute atomic E-state index is 0.166. The number of rotatable bonds is 2. The Balaban J connectivity index is 1.64. The SMILES string of the molecule is N#CC1CCCN1CC1Cc2ccccc2S1. The predicted molar refractivity (Wildman–Crippen MR) is 70.0 cm³/mol. The van der Waals surface area contributed by atoms with E-state index >= 15 is 0 Å². The summed E-state index contributed by atoms with van der Waals surface area (Å²) < 4.78 is 0. The van der Waals surface area contributed by atoms with Gasteiger partial charge in [0.25, 0.3) is 0 Å². The molecule has 88 valence electrons. The van der Waals surface area contributed by atoms with E-state index in [1.54, 1.807) is 0 Å². The molecule has 2 heterocycles. The summed E-state index contributed by atoms with van der Waals surface area (Å²) in [4.78, 5) is 3.80. The summed E-state index contributed by atoms with van der Waals surface area (Å²) in [5.41, 5.74) is 1.48. The number of nitriles is 1. The molecule has 1 saturated heterocycles. The molecule has 17 heavy (non-hydrogen) atoms. The van der Waals surface area contributed by atoms with Crippen LogP contribution >= 0.6 is 11.8 Å². The number of benzene rings is 1. The van der Waals surface area contributed by atoms with E-state index in [2.05, 4.69) is 35.2 Å². The van der Waals surface area contributed by atoms with E-state index in [0.717, 1.165) is 25.9 Å². The molecule has 2 atom stereocenters. The van der Waals surface area contributed by atoms with E-state index in [9.17, 15) is 0 Å². The van der Waals surface area contributed by atoms with Gasteiger partial charge < -0.3 is 0 Å². The average Bonchev–Trinajstić information content (AvgIpc) is 2.94. The fraction of sp³-hybridized carbons (Fsp3) is 0.500. The predicted octanol–water partition coefficient (Wildman–Crippen LogP) is 2.69. The topological polar surface area (TPSA) is 27.0 Å². The largest absolute Gasteiger partial charge is 0.287 e. The van der Waals surface area contributed by atoms with E-state index in [0.29, 0.717) is 5.25 Å². The fourth-order valence-corrected chi connectivity index (χ4v) is 4.16. The quantitative estimate of drug-likeness (QED) is 0.800. The zero-order valence-corrected chi connectivity index (χ0v) is 10.6. The molecule has 0 amide bonds. The fourth-order valence-electron chi connectivity index (χ4n) is 2.81. The number of hydrogen-bond donors (Lipinski definition) is 0. The van der Waals surface area contributed by atoms with Gasteiger partial charge >= 0.3 is 0 Å². The first-order chi connectivity index (χ1) is 8.36. The van der Waals surface area contributed by atoms with Crippen LogP contribution in [0.4, 0.5) is 0 Å². The molecule has 3 rings (SSSR count). The maximum atomic E-state index is 9.09. The molecule has 0 aromatic heterocycles. The van der Waals surface area contributed by atoms with Gasteiger partial charge in [-0.25, -0.2) is 0 Å². The Hall–Kier alpha value is -0.980. The van der Waals surface area contributed by atoms with Gasteiger partial charge in [0.2, 0.25) is 0 Å². The van der Waals surface area contributed by atoms with Crippen molar-refractivity contribution in [3.63, 3.8) is 0 Å². The monoisotopic (exact) mass is 244 g/mol. The molecule has 1 fully saturated rings. The summed E-state index contributed by atoms with van der Waals surface area (Å²) in [6.45, 7) is 2.17. The highest BCUT2D eigenvalue weighted by Gasteiger charge is 2.29. The molecule has 2 unspecified atom stereocenters. The summed E-state index contributed by atoms with van der Waals surface area (Å²) in [6.07, 6.45) is 3.40. The standard InChI is InChI=1S/C14H16N2S/c15-9-12-5-3-7-16(12)10-13-8-11-4-1-2-6-14(11)17-13/h1-2,4,6,12-13H,3,5,7-8,10H2. The lowest BCUT2D eigenvalue weighted by Crippen LogP contribution is -2.34. The number of likely N-dealkylation sites (tertiary alicyclic amines) is 1. The zero-order valence-electron chi connectivity index (χ0n) is 9.80. The van der Waals surface area contributed by atoms with Crippen molar-refractivity contribution >= 4 is 11.8 Å². The van der Waals surface area contributed by atoms with E-state index < -0.39 is 0 Å². The summed E-state index contributed by atoms with van der Waals surface area (Å²) in [6, 6.07) is 11.3. The lowest BCUT2D eigenvalue weighted by Gasteiger charge is -2.22. The lowest BCUT2D eigenvalue weighted by molar-refractivity contribution is 0.296. The minimum Gasteiger partial charge on any atom is -0.287 e.